The van der Waals surface area contributed by atoms with E-state index in [4.69, 9.17) is 5.11 Å². The zero-order valence-corrected chi connectivity index (χ0v) is 8.35. The van der Waals surface area contributed by atoms with Gasteiger partial charge in [-0.05, 0) is 6.07 Å². The summed E-state index contributed by atoms with van der Waals surface area (Å²) in [4.78, 5) is 10.6. The topological polar surface area (TPSA) is 46.5 Å². The Morgan fingerprint density at radius 1 is 1.60 bits per heavy atom. The van der Waals surface area contributed by atoms with Crippen LogP contribution in [0.25, 0.3) is 0 Å². The molecule has 0 amide bonds. The second-order valence-electron chi connectivity index (χ2n) is 2.67. The Morgan fingerprint density at radius 3 is 2.67 bits per heavy atom. The molecule has 0 aromatic carbocycles. The molecule has 1 rings (SSSR count). The maximum atomic E-state index is 12.1. The third-order valence-corrected chi connectivity index (χ3v) is 2.61. The average Bonchev–Trinajstić information content (AvgIpc) is 2.62. The molecule has 1 aromatic rings. The van der Waals surface area contributed by atoms with Crippen molar-refractivity contribution < 1.29 is 27.8 Å². The van der Waals surface area contributed by atoms with Crippen LogP contribution in [-0.2, 0) is 4.74 Å². The number of alkyl halides is 3. The molecule has 7 heteroatoms. The van der Waals surface area contributed by atoms with Crippen molar-refractivity contribution in [2.24, 2.45) is 0 Å². The van der Waals surface area contributed by atoms with Crippen LogP contribution in [0, 0.1) is 0 Å². The Morgan fingerprint density at radius 2 is 2.20 bits per heavy atom. The molecule has 1 N–H and O–H groups in total. The molecular weight excluding hydrogens is 233 g/mol. The summed E-state index contributed by atoms with van der Waals surface area (Å²) in [5.74, 6) is -0.730. The van der Waals surface area contributed by atoms with Crippen molar-refractivity contribution in [1.82, 2.24) is 0 Å². The summed E-state index contributed by atoms with van der Waals surface area (Å²) < 4.78 is 40.5. The lowest BCUT2D eigenvalue weighted by molar-refractivity contribution is -0.205. The highest BCUT2D eigenvalue weighted by atomic mass is 32.1. The van der Waals surface area contributed by atoms with Gasteiger partial charge in [0.05, 0.1) is 12.7 Å². The van der Waals surface area contributed by atoms with E-state index < -0.39 is 18.2 Å². The summed E-state index contributed by atoms with van der Waals surface area (Å²) in [5.41, 5.74) is 0.000741. The first-order valence-electron chi connectivity index (χ1n) is 3.77. The van der Waals surface area contributed by atoms with Crippen LogP contribution in [-0.4, -0.2) is 24.4 Å². The van der Waals surface area contributed by atoms with Crippen LogP contribution in [0.4, 0.5) is 13.2 Å². The molecule has 0 spiro atoms. The molecule has 0 aliphatic carbocycles. The number of methoxy groups -OCH3 is 1. The fourth-order valence-electron chi connectivity index (χ4n) is 0.882. The van der Waals surface area contributed by atoms with Gasteiger partial charge in [0.1, 0.15) is 0 Å². The van der Waals surface area contributed by atoms with E-state index in [-0.39, 0.29) is 10.4 Å². The minimum atomic E-state index is -4.72. The Labute approximate surface area is 87.1 Å². The van der Waals surface area contributed by atoms with Crippen LogP contribution < -0.4 is 0 Å². The van der Waals surface area contributed by atoms with E-state index in [2.05, 4.69) is 4.74 Å². The van der Waals surface area contributed by atoms with Crippen molar-refractivity contribution in [3.63, 3.8) is 0 Å². The van der Waals surface area contributed by atoms with Crippen LogP contribution >= 0.6 is 11.3 Å². The van der Waals surface area contributed by atoms with E-state index >= 15 is 0 Å². The number of carbonyl (C=O) groups excluding carboxylic acids is 1. The van der Waals surface area contributed by atoms with E-state index in [0.717, 1.165) is 13.2 Å². The number of thiophene rings is 1. The Kier molecular flexibility index (Phi) is 3.35. The van der Waals surface area contributed by atoms with Crippen molar-refractivity contribution >= 4 is 17.3 Å². The summed E-state index contributed by atoms with van der Waals surface area (Å²) in [6, 6.07) is 0.967. The standard InChI is InChI=1S/C8H7F3O3S/c1-14-7(13)4-2-5(15-3-4)6(12)8(9,10)11/h2-3,6,12H,1H3/t6-/m0/s1. The molecule has 0 radical (unpaired) electrons. The monoisotopic (exact) mass is 240 g/mol. The molecule has 0 fully saturated rings. The van der Waals surface area contributed by atoms with Gasteiger partial charge in [0.25, 0.3) is 0 Å². The minimum absolute atomic E-state index is 0.000741. The molecule has 1 heterocycles. The quantitative estimate of drug-likeness (QED) is 0.805. The fourth-order valence-corrected chi connectivity index (χ4v) is 1.77. The van der Waals surface area contributed by atoms with Gasteiger partial charge < -0.3 is 9.84 Å². The summed E-state index contributed by atoms with van der Waals surface area (Å²) >= 11 is 0.657. The molecule has 0 saturated heterocycles. The number of carbonyl (C=O) groups is 1. The van der Waals surface area contributed by atoms with Gasteiger partial charge in [0.15, 0.2) is 6.10 Å². The molecule has 84 valence electrons. The zero-order valence-electron chi connectivity index (χ0n) is 7.54. The van der Waals surface area contributed by atoms with Gasteiger partial charge in [-0.2, -0.15) is 13.2 Å². The number of hydrogen-bond acceptors (Lipinski definition) is 4. The van der Waals surface area contributed by atoms with E-state index in [1.165, 1.54) is 5.38 Å². The normalized spacial score (nSPS) is 13.7. The van der Waals surface area contributed by atoms with Gasteiger partial charge in [-0.15, -0.1) is 11.3 Å². The largest absolute Gasteiger partial charge is 0.465 e. The van der Waals surface area contributed by atoms with Gasteiger partial charge >= 0.3 is 12.1 Å². The minimum Gasteiger partial charge on any atom is -0.465 e. The van der Waals surface area contributed by atoms with Crippen molar-refractivity contribution in [2.75, 3.05) is 7.11 Å². The lowest BCUT2D eigenvalue weighted by Crippen LogP contribution is -2.19. The number of aliphatic hydroxyl groups excluding tert-OH is 1. The third kappa shape index (κ3) is 2.69. The van der Waals surface area contributed by atoms with Crippen LogP contribution in [0.5, 0.6) is 0 Å². The highest BCUT2D eigenvalue weighted by molar-refractivity contribution is 7.10. The van der Waals surface area contributed by atoms with Crippen molar-refractivity contribution in [3.05, 3.63) is 21.9 Å². The lowest BCUT2D eigenvalue weighted by Gasteiger charge is -2.11. The molecule has 0 aliphatic heterocycles. The molecule has 0 unspecified atom stereocenters. The molecule has 3 nitrogen and oxygen atoms in total. The summed E-state index contributed by atoms with van der Waals surface area (Å²) in [5, 5.41) is 10.1. The maximum Gasteiger partial charge on any atom is 0.419 e. The van der Waals surface area contributed by atoms with Crippen LogP contribution in [0.3, 0.4) is 0 Å². The number of ether oxygens (including phenoxy) is 1. The first-order valence-corrected chi connectivity index (χ1v) is 4.65. The average molecular weight is 240 g/mol. The molecule has 0 saturated carbocycles. The van der Waals surface area contributed by atoms with Crippen molar-refractivity contribution in [1.29, 1.82) is 0 Å². The van der Waals surface area contributed by atoms with Crippen LogP contribution in [0.15, 0.2) is 11.4 Å². The van der Waals surface area contributed by atoms with Crippen molar-refractivity contribution in [2.45, 2.75) is 12.3 Å². The third-order valence-electron chi connectivity index (χ3n) is 1.62. The number of rotatable bonds is 2. The smallest absolute Gasteiger partial charge is 0.419 e. The molecule has 15 heavy (non-hydrogen) atoms. The highest BCUT2D eigenvalue weighted by Gasteiger charge is 2.40. The number of hydrogen-bond donors (Lipinski definition) is 1. The predicted octanol–water partition coefficient (Wildman–Crippen LogP) is 2.13. The Bertz CT molecular complexity index is 358. The second kappa shape index (κ2) is 4.19. The van der Waals surface area contributed by atoms with Gasteiger partial charge in [-0.1, -0.05) is 0 Å². The van der Waals surface area contributed by atoms with Gasteiger partial charge in [0, 0.05) is 10.3 Å². The predicted molar refractivity (Wildman–Crippen MR) is 46.7 cm³/mol. The Hall–Kier alpha value is -1.08. The Balaban J connectivity index is 2.89. The molecule has 0 bridgehead atoms. The molecule has 1 aromatic heterocycles. The van der Waals surface area contributed by atoms with Gasteiger partial charge in [-0.25, -0.2) is 4.79 Å². The number of esters is 1. The van der Waals surface area contributed by atoms with E-state index in [1.807, 2.05) is 0 Å². The fraction of sp³-hybridized carbons (Fsp3) is 0.375. The SMILES string of the molecule is COC(=O)c1csc([C@H](O)C(F)(F)F)c1. The summed E-state index contributed by atoms with van der Waals surface area (Å²) in [7, 11) is 1.12. The summed E-state index contributed by atoms with van der Waals surface area (Å²) in [6.07, 6.45) is -7.28. The first kappa shape index (κ1) is 12.0. The first-order chi connectivity index (χ1) is 6.86. The van der Waals surface area contributed by atoms with Crippen LogP contribution in [0.1, 0.15) is 21.3 Å². The molecule has 1 atom stereocenters. The van der Waals surface area contributed by atoms with E-state index in [9.17, 15) is 18.0 Å². The molecule has 0 aliphatic rings. The number of aliphatic hydroxyl groups is 1. The second-order valence-corrected chi connectivity index (χ2v) is 3.62. The van der Waals surface area contributed by atoms with Gasteiger partial charge in [-0.3, -0.25) is 0 Å². The zero-order chi connectivity index (χ0) is 11.6. The highest BCUT2D eigenvalue weighted by Crippen LogP contribution is 2.35. The lowest BCUT2D eigenvalue weighted by atomic mass is 10.2. The number of halogens is 3. The van der Waals surface area contributed by atoms with Crippen molar-refractivity contribution in [3.8, 4) is 0 Å². The van der Waals surface area contributed by atoms with E-state index in [1.54, 1.807) is 0 Å². The maximum absolute atomic E-state index is 12.1. The van der Waals surface area contributed by atoms with Crippen LogP contribution in [0.2, 0.25) is 0 Å². The van der Waals surface area contributed by atoms with Gasteiger partial charge in [0.2, 0.25) is 0 Å². The molecular formula is C8H7F3O3S. The summed E-state index contributed by atoms with van der Waals surface area (Å²) in [6.45, 7) is 0. The van der Waals surface area contributed by atoms with E-state index in [0.29, 0.717) is 11.3 Å².